The molecule has 0 fully saturated rings. The van der Waals surface area contributed by atoms with Crippen LogP contribution in [0.3, 0.4) is 0 Å². The molecule has 2 bridgehead atoms. The first-order chi connectivity index (χ1) is 21.1. The van der Waals surface area contributed by atoms with Crippen molar-refractivity contribution in [2.24, 2.45) is 0 Å². The molecule has 0 unspecified atom stereocenters. The van der Waals surface area contributed by atoms with E-state index in [4.69, 9.17) is 19.2 Å². The molecule has 1 aromatic rings. The topological polar surface area (TPSA) is 107 Å². The Morgan fingerprint density at radius 3 is 2.56 bits per heavy atom. The number of carbonyl (C=O) groups is 3. The van der Waals surface area contributed by atoms with E-state index in [0.29, 0.717) is 32.1 Å². The molecule has 1 aromatic heterocycles. The standard InChI is InChI=1S/C35H51N3O6S/c1-24(18-19-38(8)9)16-17-26(3)21-29-22-31-36-28(23-45-31)13-11-14-30(37-34(41)44-35(5,6)7)33(40)42-27(4)20-25(2)12-10-15-32(39)43-29/h10,12,15-18,21,23,27,29-30H,11,13-14,19-20,22H2,1-9H3,(H,37,41)/b15-10-,17-16+,24-18+,25-12+,26-21+/t27-,29+,30-/m0/s1. The third-order valence-corrected chi connectivity index (χ3v) is 7.44. The van der Waals surface area contributed by atoms with E-state index in [1.807, 2.05) is 45.5 Å². The lowest BCUT2D eigenvalue weighted by molar-refractivity contribution is -0.151. The molecule has 0 saturated carbocycles. The Labute approximate surface area is 273 Å². The van der Waals surface area contributed by atoms with Gasteiger partial charge in [-0.1, -0.05) is 47.1 Å². The normalized spacial score (nSPS) is 23.7. The summed E-state index contributed by atoms with van der Waals surface area (Å²) in [5.41, 5.74) is 3.21. The van der Waals surface area contributed by atoms with Gasteiger partial charge in [-0.15, -0.1) is 11.3 Å². The van der Waals surface area contributed by atoms with Gasteiger partial charge < -0.3 is 24.4 Å². The minimum absolute atomic E-state index is 0.367. The fourth-order valence-corrected chi connectivity index (χ4v) is 5.25. The van der Waals surface area contributed by atoms with Gasteiger partial charge in [-0.05, 0) is 87.9 Å². The summed E-state index contributed by atoms with van der Waals surface area (Å²) in [4.78, 5) is 45.3. The number of carbonyl (C=O) groups excluding carboxylic acids is 3. The van der Waals surface area contributed by atoms with Crippen LogP contribution < -0.4 is 5.32 Å². The Morgan fingerprint density at radius 2 is 1.87 bits per heavy atom. The van der Waals surface area contributed by atoms with E-state index >= 15 is 0 Å². The zero-order valence-corrected chi connectivity index (χ0v) is 29.2. The summed E-state index contributed by atoms with van der Waals surface area (Å²) in [6, 6.07) is -0.857. The summed E-state index contributed by atoms with van der Waals surface area (Å²) in [5, 5.41) is 5.51. The third kappa shape index (κ3) is 16.4. The van der Waals surface area contributed by atoms with Gasteiger partial charge in [0.15, 0.2) is 0 Å². The molecule has 3 atom stereocenters. The number of thiazole rings is 1. The summed E-state index contributed by atoms with van der Waals surface area (Å²) in [5.74, 6) is -0.969. The highest BCUT2D eigenvalue weighted by Crippen LogP contribution is 2.19. The number of hydrogen-bond acceptors (Lipinski definition) is 9. The van der Waals surface area contributed by atoms with Crippen LogP contribution in [0.4, 0.5) is 4.79 Å². The number of ether oxygens (including phenoxy) is 3. The van der Waals surface area contributed by atoms with Crippen molar-refractivity contribution in [3.8, 4) is 0 Å². The Kier molecular flexibility index (Phi) is 15.5. The lowest BCUT2D eigenvalue weighted by Crippen LogP contribution is -2.45. The second-order valence-electron chi connectivity index (χ2n) is 12.8. The van der Waals surface area contributed by atoms with Gasteiger partial charge in [-0.25, -0.2) is 19.4 Å². The monoisotopic (exact) mass is 641 g/mol. The predicted octanol–water partition coefficient (Wildman–Crippen LogP) is 6.66. The first kappa shape index (κ1) is 37.7. The maximum Gasteiger partial charge on any atom is 0.408 e. The third-order valence-electron chi connectivity index (χ3n) is 6.52. The predicted molar refractivity (Wildman–Crippen MR) is 180 cm³/mol. The van der Waals surface area contributed by atoms with Crippen molar-refractivity contribution in [1.82, 2.24) is 15.2 Å². The molecule has 1 aliphatic rings. The molecule has 0 aromatic carbocycles. The van der Waals surface area contributed by atoms with E-state index in [1.165, 1.54) is 17.4 Å². The van der Waals surface area contributed by atoms with E-state index in [9.17, 15) is 14.4 Å². The molecule has 0 radical (unpaired) electrons. The van der Waals surface area contributed by atoms with Crippen molar-refractivity contribution < 1.29 is 28.6 Å². The Bertz CT molecular complexity index is 1300. The fourth-order valence-electron chi connectivity index (χ4n) is 4.38. The maximum absolute atomic E-state index is 13.1. The van der Waals surface area contributed by atoms with Crippen molar-refractivity contribution >= 4 is 29.4 Å². The first-order valence-corrected chi connectivity index (χ1v) is 16.3. The largest absolute Gasteiger partial charge is 0.461 e. The molecule has 1 aliphatic heterocycles. The molecule has 9 nitrogen and oxygen atoms in total. The fraction of sp³-hybridized carbons (Fsp3) is 0.543. The molecule has 45 heavy (non-hydrogen) atoms. The lowest BCUT2D eigenvalue weighted by atomic mass is 10.1. The second kappa shape index (κ2) is 18.5. The molecule has 0 spiro atoms. The van der Waals surface area contributed by atoms with E-state index < -0.39 is 41.9 Å². The summed E-state index contributed by atoms with van der Waals surface area (Å²) in [6.45, 7) is 13.9. The number of nitrogens with one attached hydrogen (secondary N) is 1. The van der Waals surface area contributed by atoms with Crippen molar-refractivity contribution in [3.63, 3.8) is 0 Å². The molecule has 0 saturated heterocycles. The highest BCUT2D eigenvalue weighted by molar-refractivity contribution is 7.09. The zero-order valence-electron chi connectivity index (χ0n) is 28.3. The zero-order chi connectivity index (χ0) is 33.6. The van der Waals surface area contributed by atoms with E-state index in [2.05, 4.69) is 29.3 Å². The van der Waals surface area contributed by atoms with Gasteiger partial charge in [0.2, 0.25) is 0 Å². The van der Waals surface area contributed by atoms with Gasteiger partial charge in [-0.2, -0.15) is 0 Å². The Morgan fingerprint density at radius 1 is 1.16 bits per heavy atom. The molecule has 10 heteroatoms. The number of alkyl carbamates (subject to hydrolysis) is 1. The van der Waals surface area contributed by atoms with Crippen LogP contribution in [0, 0.1) is 0 Å². The molecule has 2 heterocycles. The van der Waals surface area contributed by atoms with Crippen LogP contribution in [0.5, 0.6) is 0 Å². The number of cyclic esters (lactones) is 2. The number of esters is 2. The van der Waals surface area contributed by atoms with E-state index in [1.54, 1.807) is 39.8 Å². The van der Waals surface area contributed by atoms with Crippen molar-refractivity contribution in [2.75, 3.05) is 20.6 Å². The molecule has 1 N–H and O–H groups in total. The number of amides is 1. The number of aryl methyl sites for hydroxylation is 1. The molecule has 248 valence electrons. The second-order valence-corrected chi connectivity index (χ2v) is 13.7. The van der Waals surface area contributed by atoms with Gasteiger partial charge in [0.25, 0.3) is 0 Å². The van der Waals surface area contributed by atoms with Gasteiger partial charge in [-0.3, -0.25) is 0 Å². The molecular formula is C35H51N3O6S. The summed E-state index contributed by atoms with van der Waals surface area (Å²) < 4.78 is 16.9. The van der Waals surface area contributed by atoms with E-state index in [0.717, 1.165) is 34.0 Å². The van der Waals surface area contributed by atoms with Crippen LogP contribution in [-0.2, 0) is 36.6 Å². The van der Waals surface area contributed by atoms with Gasteiger partial charge in [0.05, 0.1) is 10.7 Å². The number of likely N-dealkylation sites (N-methyl/N-ethyl adjacent to an activating group) is 1. The Balaban J connectivity index is 2.29. The SMILES string of the molecule is CC(/C=C/C(C)=C/[C@@H]1Cc2nc(cs2)CCC[C@H](NC(=O)OC(C)(C)C)C(=O)O[C@@H](C)C/C(C)=C/C=C\C(=O)O1)=C\CN(C)C. The van der Waals surface area contributed by atoms with Crippen LogP contribution in [-0.4, -0.2) is 72.4 Å². The van der Waals surface area contributed by atoms with Gasteiger partial charge >= 0.3 is 18.0 Å². The number of nitrogens with zero attached hydrogens (tertiary/aromatic N) is 2. The highest BCUT2D eigenvalue weighted by atomic mass is 32.1. The minimum atomic E-state index is -0.857. The van der Waals surface area contributed by atoms with E-state index in [-0.39, 0.29) is 0 Å². The van der Waals surface area contributed by atoms with Crippen LogP contribution in [0.2, 0.25) is 0 Å². The highest BCUT2D eigenvalue weighted by Gasteiger charge is 2.27. The summed E-state index contributed by atoms with van der Waals surface area (Å²) >= 11 is 1.51. The smallest absolute Gasteiger partial charge is 0.408 e. The number of fused-ring (bicyclic) bond motifs is 2. The summed E-state index contributed by atoms with van der Waals surface area (Å²) in [7, 11) is 4.06. The van der Waals surface area contributed by atoms with Crippen molar-refractivity contribution in [1.29, 1.82) is 0 Å². The lowest BCUT2D eigenvalue weighted by Gasteiger charge is -2.24. The molecule has 1 amide bonds. The Hall–Kier alpha value is -3.50. The van der Waals surface area contributed by atoms with Crippen LogP contribution in [0.1, 0.15) is 78.4 Å². The van der Waals surface area contributed by atoms with Crippen LogP contribution in [0.25, 0.3) is 0 Å². The van der Waals surface area contributed by atoms with Gasteiger partial charge in [0, 0.05) is 30.8 Å². The number of allylic oxidation sites excluding steroid dienone is 6. The van der Waals surface area contributed by atoms with Gasteiger partial charge in [0.1, 0.15) is 23.9 Å². The van der Waals surface area contributed by atoms with Crippen molar-refractivity contribution in [2.45, 2.75) is 104 Å². The molecule has 2 rings (SSSR count). The number of rotatable bonds is 6. The number of hydrogen-bond donors (Lipinski definition) is 1. The quantitative estimate of drug-likeness (QED) is 0.209. The molecule has 0 aliphatic carbocycles. The maximum atomic E-state index is 13.1. The van der Waals surface area contributed by atoms with Crippen LogP contribution in [0.15, 0.2) is 64.6 Å². The van der Waals surface area contributed by atoms with Crippen LogP contribution >= 0.6 is 11.3 Å². The first-order valence-electron chi connectivity index (χ1n) is 15.5. The average Bonchev–Trinajstić information content (AvgIpc) is 3.35. The molecular weight excluding hydrogens is 590 g/mol. The summed E-state index contributed by atoms with van der Waals surface area (Å²) in [6.07, 6.45) is 13.9. The minimum Gasteiger partial charge on any atom is -0.461 e. The average molecular weight is 642 g/mol. The number of aromatic nitrogens is 1. The van der Waals surface area contributed by atoms with Crippen molar-refractivity contribution in [3.05, 3.63) is 75.3 Å².